The predicted octanol–water partition coefficient (Wildman–Crippen LogP) is 4.90. The Kier molecular flexibility index (Phi) is 4.70. The van der Waals surface area contributed by atoms with Gasteiger partial charge in [0.15, 0.2) is 0 Å². The van der Waals surface area contributed by atoms with E-state index in [1.54, 1.807) is 12.1 Å². The molecule has 1 N–H and O–H groups in total. The molecule has 0 unspecified atom stereocenters. The van der Waals surface area contributed by atoms with Crippen LogP contribution < -0.4 is 4.74 Å². The van der Waals surface area contributed by atoms with Gasteiger partial charge in [0, 0.05) is 11.6 Å². The van der Waals surface area contributed by atoms with Gasteiger partial charge < -0.3 is 9.84 Å². The molecule has 0 atom stereocenters. The number of aromatic carboxylic acids is 1. The van der Waals surface area contributed by atoms with Crippen LogP contribution in [0.15, 0.2) is 30.3 Å². The van der Waals surface area contributed by atoms with Gasteiger partial charge in [-0.1, -0.05) is 29.3 Å². The minimum Gasteiger partial charge on any atom is -0.492 e. The molecule has 0 spiro atoms. The van der Waals surface area contributed by atoms with Crippen LogP contribution in [-0.2, 0) is 0 Å². The van der Waals surface area contributed by atoms with E-state index < -0.39 is 17.3 Å². The van der Waals surface area contributed by atoms with Gasteiger partial charge in [-0.15, -0.1) is 0 Å². The van der Waals surface area contributed by atoms with Gasteiger partial charge in [-0.05, 0) is 30.7 Å². The summed E-state index contributed by atoms with van der Waals surface area (Å²) in [5.74, 6) is -1.72. The maximum atomic E-state index is 13.7. The van der Waals surface area contributed by atoms with Crippen molar-refractivity contribution in [3.8, 4) is 16.9 Å². The average molecular weight is 329 g/mol. The van der Waals surface area contributed by atoms with Gasteiger partial charge in [-0.2, -0.15) is 0 Å². The van der Waals surface area contributed by atoms with Crippen molar-refractivity contribution in [3.05, 3.63) is 51.8 Å². The summed E-state index contributed by atoms with van der Waals surface area (Å²) in [7, 11) is 0. The van der Waals surface area contributed by atoms with E-state index in [9.17, 15) is 9.18 Å². The Labute approximate surface area is 130 Å². The summed E-state index contributed by atoms with van der Waals surface area (Å²) in [5, 5.41) is 9.50. The van der Waals surface area contributed by atoms with E-state index in [4.69, 9.17) is 33.0 Å². The van der Waals surface area contributed by atoms with Crippen LogP contribution in [0.5, 0.6) is 5.75 Å². The highest BCUT2D eigenvalue weighted by Crippen LogP contribution is 2.37. The Balaban J connectivity index is 2.49. The fourth-order valence-electron chi connectivity index (χ4n) is 1.87. The molecule has 0 radical (unpaired) electrons. The Morgan fingerprint density at radius 3 is 2.52 bits per heavy atom. The van der Waals surface area contributed by atoms with Crippen LogP contribution in [0, 0.1) is 5.82 Å². The number of ether oxygens (including phenoxy) is 1. The first kappa shape index (κ1) is 15.6. The predicted molar refractivity (Wildman–Crippen MR) is 80.0 cm³/mol. The zero-order valence-electron chi connectivity index (χ0n) is 11.0. The molecular formula is C15H11Cl2FO3. The monoisotopic (exact) mass is 328 g/mol. The molecule has 0 aliphatic heterocycles. The molecule has 21 heavy (non-hydrogen) atoms. The van der Waals surface area contributed by atoms with Crippen molar-refractivity contribution in [2.24, 2.45) is 0 Å². The molecule has 0 aliphatic carbocycles. The van der Waals surface area contributed by atoms with Crippen molar-refractivity contribution >= 4 is 29.2 Å². The van der Waals surface area contributed by atoms with Gasteiger partial charge in [-0.3, -0.25) is 0 Å². The normalized spacial score (nSPS) is 10.5. The van der Waals surface area contributed by atoms with Gasteiger partial charge in [0.25, 0.3) is 0 Å². The number of carbonyl (C=O) groups is 1. The van der Waals surface area contributed by atoms with Crippen molar-refractivity contribution in [1.29, 1.82) is 0 Å². The second-order valence-corrected chi connectivity index (χ2v) is 5.01. The quantitative estimate of drug-likeness (QED) is 0.868. The minimum absolute atomic E-state index is 0.338. The van der Waals surface area contributed by atoms with Crippen LogP contribution >= 0.6 is 23.2 Å². The molecule has 0 aromatic heterocycles. The van der Waals surface area contributed by atoms with E-state index in [1.807, 2.05) is 6.92 Å². The summed E-state index contributed by atoms with van der Waals surface area (Å²) in [6.45, 7) is 2.26. The zero-order chi connectivity index (χ0) is 15.6. The first-order valence-electron chi connectivity index (χ1n) is 6.09. The molecule has 0 saturated heterocycles. The number of hydrogen-bond acceptors (Lipinski definition) is 2. The second-order valence-electron chi connectivity index (χ2n) is 4.20. The van der Waals surface area contributed by atoms with Crippen LogP contribution in [-0.4, -0.2) is 17.7 Å². The van der Waals surface area contributed by atoms with Gasteiger partial charge in [0.05, 0.1) is 22.2 Å². The van der Waals surface area contributed by atoms with Crippen molar-refractivity contribution in [2.75, 3.05) is 6.61 Å². The fraction of sp³-hybridized carbons (Fsp3) is 0.133. The summed E-state index contributed by atoms with van der Waals surface area (Å²) in [5.41, 5.74) is 0.542. The highest BCUT2D eigenvalue weighted by atomic mass is 35.5. The molecule has 0 fully saturated rings. The number of halogens is 3. The van der Waals surface area contributed by atoms with E-state index in [-0.39, 0.29) is 0 Å². The molecule has 0 heterocycles. The van der Waals surface area contributed by atoms with Gasteiger partial charge >= 0.3 is 5.97 Å². The summed E-state index contributed by atoms with van der Waals surface area (Å²) < 4.78 is 19.1. The first-order chi connectivity index (χ1) is 9.93. The van der Waals surface area contributed by atoms with E-state index in [0.717, 1.165) is 6.07 Å². The third-order valence-corrected chi connectivity index (χ3v) is 3.44. The zero-order valence-corrected chi connectivity index (χ0v) is 12.5. The molecule has 0 amide bonds. The smallest absolute Gasteiger partial charge is 0.338 e. The maximum Gasteiger partial charge on any atom is 0.338 e. The molecule has 0 saturated carbocycles. The minimum atomic E-state index is -1.32. The molecule has 2 aromatic rings. The third-order valence-electron chi connectivity index (χ3n) is 2.83. The highest BCUT2D eigenvalue weighted by Gasteiger charge is 2.14. The van der Waals surface area contributed by atoms with E-state index in [2.05, 4.69) is 0 Å². The summed E-state index contributed by atoms with van der Waals surface area (Å²) in [4.78, 5) is 10.8. The lowest BCUT2D eigenvalue weighted by Crippen LogP contribution is -2.00. The van der Waals surface area contributed by atoms with Crippen LogP contribution in [0.1, 0.15) is 17.3 Å². The lowest BCUT2D eigenvalue weighted by Gasteiger charge is -2.11. The third kappa shape index (κ3) is 3.28. The highest BCUT2D eigenvalue weighted by molar-refractivity contribution is 6.36. The van der Waals surface area contributed by atoms with Crippen LogP contribution in [0.3, 0.4) is 0 Å². The Hall–Kier alpha value is -1.78. The first-order valence-corrected chi connectivity index (χ1v) is 6.84. The molecular weight excluding hydrogens is 318 g/mol. The van der Waals surface area contributed by atoms with Crippen molar-refractivity contribution in [1.82, 2.24) is 0 Å². The SMILES string of the molecule is CCOc1cc(Cl)c(-c2ccc(C(=O)O)c(F)c2)cc1Cl. The standard InChI is InChI=1S/C15H11Cl2FO3/c1-2-21-14-7-11(16)10(6-12(14)17)8-3-4-9(15(19)20)13(18)5-8/h3-7H,2H2,1H3,(H,19,20). The summed E-state index contributed by atoms with van der Waals surface area (Å²) in [6, 6.07) is 6.88. The summed E-state index contributed by atoms with van der Waals surface area (Å²) in [6.07, 6.45) is 0. The molecule has 110 valence electrons. The summed E-state index contributed by atoms with van der Waals surface area (Å²) >= 11 is 12.2. The molecule has 0 aliphatic rings. The second kappa shape index (κ2) is 6.33. The van der Waals surface area contributed by atoms with Gasteiger partial charge in [0.1, 0.15) is 11.6 Å². The number of carboxylic acids is 1. The Bertz CT molecular complexity index is 702. The Morgan fingerprint density at radius 1 is 1.24 bits per heavy atom. The number of rotatable bonds is 4. The van der Waals surface area contributed by atoms with E-state index in [1.165, 1.54) is 12.1 Å². The van der Waals surface area contributed by atoms with Crippen molar-refractivity contribution in [2.45, 2.75) is 6.92 Å². The largest absolute Gasteiger partial charge is 0.492 e. The van der Waals surface area contributed by atoms with E-state index in [0.29, 0.717) is 33.5 Å². The number of hydrogen-bond donors (Lipinski definition) is 1. The maximum absolute atomic E-state index is 13.7. The molecule has 0 bridgehead atoms. The van der Waals surface area contributed by atoms with Crippen molar-refractivity contribution in [3.63, 3.8) is 0 Å². The molecule has 6 heteroatoms. The lowest BCUT2D eigenvalue weighted by atomic mass is 10.0. The number of benzene rings is 2. The molecule has 2 rings (SSSR count). The average Bonchev–Trinajstić information content (AvgIpc) is 2.42. The molecule has 3 nitrogen and oxygen atoms in total. The van der Waals surface area contributed by atoms with Gasteiger partial charge in [0.2, 0.25) is 0 Å². The van der Waals surface area contributed by atoms with Crippen LogP contribution in [0.25, 0.3) is 11.1 Å². The van der Waals surface area contributed by atoms with E-state index >= 15 is 0 Å². The van der Waals surface area contributed by atoms with Gasteiger partial charge in [-0.25, -0.2) is 9.18 Å². The van der Waals surface area contributed by atoms with Crippen molar-refractivity contribution < 1.29 is 19.0 Å². The fourth-order valence-corrected chi connectivity index (χ4v) is 2.35. The molecule has 2 aromatic carbocycles. The lowest BCUT2D eigenvalue weighted by molar-refractivity contribution is 0.0692. The topological polar surface area (TPSA) is 46.5 Å². The van der Waals surface area contributed by atoms with Crippen LogP contribution in [0.2, 0.25) is 10.0 Å². The Morgan fingerprint density at radius 2 is 1.95 bits per heavy atom. The number of carboxylic acid groups (broad SMARTS) is 1. The van der Waals surface area contributed by atoms with Crippen LogP contribution in [0.4, 0.5) is 4.39 Å².